The number of hydrogen-bond donors (Lipinski definition) is 1. The molecule has 0 spiro atoms. The monoisotopic (exact) mass is 261 g/mol. The highest BCUT2D eigenvalue weighted by Gasteiger charge is 2.03. The van der Waals surface area contributed by atoms with E-state index in [0.29, 0.717) is 5.69 Å². The molecule has 0 amide bonds. The summed E-state index contributed by atoms with van der Waals surface area (Å²) < 4.78 is 2.45. The molecule has 5 nitrogen and oxygen atoms in total. The summed E-state index contributed by atoms with van der Waals surface area (Å²) >= 11 is 3.88. The fourth-order valence-electron chi connectivity index (χ4n) is 1.53. The van der Waals surface area contributed by atoms with Crippen molar-refractivity contribution in [3.63, 3.8) is 0 Å². The summed E-state index contributed by atoms with van der Waals surface area (Å²) in [6, 6.07) is 8.38. The lowest BCUT2D eigenvalue weighted by molar-refractivity contribution is 0.728. The van der Waals surface area contributed by atoms with Gasteiger partial charge in [-0.05, 0) is 24.3 Å². The minimum absolute atomic E-state index is 0.326. The number of thiol groups is 1. The van der Waals surface area contributed by atoms with Crippen molar-refractivity contribution in [2.45, 2.75) is 0 Å². The summed E-state index contributed by atoms with van der Waals surface area (Å²) in [5.74, 6) is 0. The molecule has 0 bridgehead atoms. The molecule has 0 aliphatic heterocycles. The first kappa shape index (κ1) is 12.4. The van der Waals surface area contributed by atoms with Gasteiger partial charge in [-0.3, -0.25) is 18.9 Å². The molecule has 0 aliphatic rings. The topological polar surface area (TPSA) is 56.4 Å². The molecular formula is C12H11N3O2S. The van der Waals surface area contributed by atoms with Crippen molar-refractivity contribution in [2.75, 3.05) is 0 Å². The zero-order valence-corrected chi connectivity index (χ0v) is 10.5. The van der Waals surface area contributed by atoms with Crippen LogP contribution in [0.4, 0.5) is 5.69 Å². The van der Waals surface area contributed by atoms with E-state index in [-0.39, 0.29) is 11.2 Å². The van der Waals surface area contributed by atoms with Crippen LogP contribution in [0.3, 0.4) is 0 Å². The molecule has 0 aliphatic carbocycles. The highest BCUT2D eigenvalue weighted by Crippen LogP contribution is 2.14. The molecule has 92 valence electrons. The maximum Gasteiger partial charge on any atom is 0.335 e. The summed E-state index contributed by atoms with van der Waals surface area (Å²) in [7, 11) is 1.45. The van der Waals surface area contributed by atoms with Crippen LogP contribution in [0.15, 0.2) is 51.1 Å². The number of aromatic nitrogens is 2. The van der Waals surface area contributed by atoms with Crippen LogP contribution in [-0.4, -0.2) is 14.7 Å². The third-order valence-corrected chi connectivity index (χ3v) is 2.64. The van der Waals surface area contributed by atoms with Crippen LogP contribution in [0.2, 0.25) is 0 Å². The standard InChI is InChI=1S/C12H11N3O2S/c1-14-11(16)6-7-15(12(14)17)10-4-2-9(3-5-10)13-8-18/h2-8H,1H3,(H,13,18). The fraction of sp³-hybridized carbons (Fsp3) is 0.0833. The van der Waals surface area contributed by atoms with E-state index in [4.69, 9.17) is 0 Å². The zero-order valence-electron chi connectivity index (χ0n) is 9.65. The van der Waals surface area contributed by atoms with Crippen molar-refractivity contribution in [1.29, 1.82) is 0 Å². The molecule has 1 heterocycles. The minimum atomic E-state index is -0.382. The molecule has 1 aromatic heterocycles. The van der Waals surface area contributed by atoms with Crippen LogP contribution >= 0.6 is 12.6 Å². The Morgan fingerprint density at radius 3 is 2.44 bits per heavy atom. The van der Waals surface area contributed by atoms with Gasteiger partial charge in [0, 0.05) is 19.3 Å². The molecule has 1 aromatic carbocycles. The second kappa shape index (κ2) is 5.05. The van der Waals surface area contributed by atoms with Crippen LogP contribution in [0.5, 0.6) is 0 Å². The van der Waals surface area contributed by atoms with Crippen LogP contribution in [-0.2, 0) is 7.05 Å². The lowest BCUT2D eigenvalue weighted by Crippen LogP contribution is -2.36. The van der Waals surface area contributed by atoms with Gasteiger partial charge in [0.25, 0.3) is 5.56 Å². The first-order valence-corrected chi connectivity index (χ1v) is 5.71. The second-order valence-electron chi connectivity index (χ2n) is 3.63. The summed E-state index contributed by atoms with van der Waals surface area (Å²) in [6.07, 6.45) is 1.46. The lowest BCUT2D eigenvalue weighted by Gasteiger charge is -2.06. The second-order valence-corrected chi connectivity index (χ2v) is 3.86. The quantitative estimate of drug-likeness (QED) is 0.500. The highest BCUT2D eigenvalue weighted by molar-refractivity contribution is 7.94. The summed E-state index contributed by atoms with van der Waals surface area (Å²) in [5, 5.41) is 0. The Kier molecular flexibility index (Phi) is 3.47. The predicted octanol–water partition coefficient (Wildman–Crippen LogP) is 1.13. The van der Waals surface area contributed by atoms with E-state index in [1.165, 1.54) is 29.4 Å². The number of hydrogen-bond acceptors (Lipinski definition) is 3. The van der Waals surface area contributed by atoms with E-state index in [0.717, 1.165) is 10.3 Å². The van der Waals surface area contributed by atoms with Gasteiger partial charge in [0.05, 0.1) is 16.9 Å². The number of nitrogens with zero attached hydrogens (tertiary/aromatic N) is 3. The van der Waals surface area contributed by atoms with Crippen molar-refractivity contribution in [1.82, 2.24) is 9.13 Å². The Morgan fingerprint density at radius 2 is 1.83 bits per heavy atom. The number of aliphatic imine (C=N–C) groups is 1. The Hall–Kier alpha value is -2.08. The summed E-state index contributed by atoms with van der Waals surface area (Å²) in [4.78, 5) is 27.2. The summed E-state index contributed by atoms with van der Waals surface area (Å²) in [6.45, 7) is 0. The maximum absolute atomic E-state index is 11.9. The van der Waals surface area contributed by atoms with Crippen LogP contribution < -0.4 is 11.2 Å². The Bertz CT molecular complexity index is 698. The van der Waals surface area contributed by atoms with Crippen molar-refractivity contribution in [2.24, 2.45) is 12.0 Å². The van der Waals surface area contributed by atoms with Crippen LogP contribution in [0.25, 0.3) is 5.69 Å². The molecule has 0 saturated carbocycles. The molecule has 0 saturated heterocycles. The van der Waals surface area contributed by atoms with E-state index in [9.17, 15) is 9.59 Å². The van der Waals surface area contributed by atoms with E-state index in [2.05, 4.69) is 17.6 Å². The van der Waals surface area contributed by atoms with Gasteiger partial charge in [0.15, 0.2) is 0 Å². The van der Waals surface area contributed by atoms with Crippen molar-refractivity contribution in [3.8, 4) is 5.69 Å². The molecule has 18 heavy (non-hydrogen) atoms. The smallest absolute Gasteiger partial charge is 0.269 e. The van der Waals surface area contributed by atoms with E-state index in [1.807, 2.05) is 0 Å². The van der Waals surface area contributed by atoms with Gasteiger partial charge in [-0.2, -0.15) is 0 Å². The van der Waals surface area contributed by atoms with Gasteiger partial charge in [0.1, 0.15) is 0 Å². The van der Waals surface area contributed by atoms with Crippen molar-refractivity contribution >= 4 is 23.9 Å². The van der Waals surface area contributed by atoms with Crippen molar-refractivity contribution in [3.05, 3.63) is 57.4 Å². The first-order valence-electron chi connectivity index (χ1n) is 5.19. The molecule has 0 atom stereocenters. The van der Waals surface area contributed by atoms with Crippen LogP contribution in [0.1, 0.15) is 0 Å². The molecule has 2 aromatic rings. The molecule has 6 heteroatoms. The van der Waals surface area contributed by atoms with Gasteiger partial charge in [-0.1, -0.05) is 0 Å². The van der Waals surface area contributed by atoms with E-state index < -0.39 is 0 Å². The van der Waals surface area contributed by atoms with E-state index in [1.54, 1.807) is 24.3 Å². The molecular weight excluding hydrogens is 250 g/mol. The number of rotatable bonds is 2. The SMILES string of the molecule is Cn1c(=O)ccn(-c2ccc(N=CS)cc2)c1=O. The average molecular weight is 261 g/mol. The fourth-order valence-corrected chi connectivity index (χ4v) is 1.67. The third-order valence-electron chi connectivity index (χ3n) is 2.52. The van der Waals surface area contributed by atoms with Gasteiger partial charge in [-0.25, -0.2) is 4.79 Å². The van der Waals surface area contributed by atoms with E-state index >= 15 is 0 Å². The van der Waals surface area contributed by atoms with Crippen LogP contribution in [0, 0.1) is 0 Å². The predicted molar refractivity (Wildman–Crippen MR) is 74.4 cm³/mol. The zero-order chi connectivity index (χ0) is 13.1. The number of benzene rings is 1. The molecule has 0 fully saturated rings. The Balaban J connectivity index is 2.53. The summed E-state index contributed by atoms with van der Waals surface area (Å²) in [5.41, 5.74) is 2.11. The Morgan fingerprint density at radius 1 is 1.17 bits per heavy atom. The van der Waals surface area contributed by atoms with Gasteiger partial charge in [-0.15, -0.1) is 12.6 Å². The van der Waals surface area contributed by atoms with Gasteiger partial charge >= 0.3 is 5.69 Å². The third kappa shape index (κ3) is 2.28. The molecule has 0 radical (unpaired) electrons. The normalized spacial score (nSPS) is 11.0. The lowest BCUT2D eigenvalue weighted by atomic mass is 10.3. The van der Waals surface area contributed by atoms with Gasteiger partial charge < -0.3 is 0 Å². The van der Waals surface area contributed by atoms with Crippen molar-refractivity contribution < 1.29 is 0 Å². The largest absolute Gasteiger partial charge is 0.335 e. The minimum Gasteiger partial charge on any atom is -0.269 e. The molecule has 0 N–H and O–H groups in total. The molecule has 0 unspecified atom stereocenters. The highest BCUT2D eigenvalue weighted by atomic mass is 32.1. The van der Waals surface area contributed by atoms with Gasteiger partial charge in [0.2, 0.25) is 0 Å². The first-order chi connectivity index (χ1) is 8.63. The maximum atomic E-state index is 11.9. The Labute approximate surface area is 108 Å². The average Bonchev–Trinajstić information content (AvgIpc) is 2.38. The molecule has 2 rings (SSSR count).